The van der Waals surface area contributed by atoms with Crippen LogP contribution in [0.1, 0.15) is 59.8 Å². The van der Waals surface area contributed by atoms with Crippen LogP contribution in [-0.2, 0) is 4.74 Å². The van der Waals surface area contributed by atoms with Crippen molar-refractivity contribution in [3.63, 3.8) is 0 Å². The minimum atomic E-state index is -0.240. The summed E-state index contributed by atoms with van der Waals surface area (Å²) in [6.45, 7) is 9.16. The Morgan fingerprint density at radius 1 is 1.23 bits per heavy atom. The molecule has 1 heterocycles. The van der Waals surface area contributed by atoms with Crippen LogP contribution < -0.4 is 0 Å². The zero-order valence-electron chi connectivity index (χ0n) is 14.8. The molecule has 2 rings (SSSR count). The van der Waals surface area contributed by atoms with Gasteiger partial charge in [-0.05, 0) is 30.2 Å². The molecular formula is C16H32N4O2. The summed E-state index contributed by atoms with van der Waals surface area (Å²) >= 11 is 0. The van der Waals surface area contributed by atoms with Crippen LogP contribution in [0.3, 0.4) is 0 Å². The maximum Gasteiger partial charge on any atom is 0.409 e. The minimum Gasteiger partial charge on any atom is -0.453 e. The molecule has 0 aromatic carbocycles. The number of ether oxygens (including phenoxy) is 1. The fraction of sp³-hybridized carbons (Fsp3) is 0.938. The molecule has 1 saturated heterocycles. The number of amides is 1. The molecule has 2 fully saturated rings. The largest absolute Gasteiger partial charge is 0.453 e. The van der Waals surface area contributed by atoms with E-state index in [1.165, 1.54) is 26.4 Å². The van der Waals surface area contributed by atoms with E-state index < -0.39 is 0 Å². The first-order valence-electron chi connectivity index (χ1n) is 8.63. The highest BCUT2D eigenvalue weighted by Gasteiger charge is 2.43. The number of rotatable bonds is 2. The zero-order valence-corrected chi connectivity index (χ0v) is 14.8. The Labute approximate surface area is 134 Å². The smallest absolute Gasteiger partial charge is 0.409 e. The maximum atomic E-state index is 11.8. The van der Waals surface area contributed by atoms with E-state index in [9.17, 15) is 4.79 Å². The van der Waals surface area contributed by atoms with Gasteiger partial charge in [0.05, 0.1) is 7.11 Å². The van der Waals surface area contributed by atoms with Crippen molar-refractivity contribution in [2.45, 2.75) is 65.8 Å². The van der Waals surface area contributed by atoms with Crippen LogP contribution in [0, 0.1) is 11.8 Å². The van der Waals surface area contributed by atoms with Crippen LogP contribution in [0.2, 0.25) is 0 Å². The van der Waals surface area contributed by atoms with Crippen molar-refractivity contribution in [3.05, 3.63) is 10.4 Å². The van der Waals surface area contributed by atoms with E-state index in [1.807, 2.05) is 32.6 Å². The van der Waals surface area contributed by atoms with Gasteiger partial charge in [-0.25, -0.2) is 4.79 Å². The summed E-state index contributed by atoms with van der Waals surface area (Å²) in [5.74, 6) is 0.764. The molecule has 128 valence electrons. The summed E-state index contributed by atoms with van der Waals surface area (Å²) in [7, 11) is 1.43. The highest BCUT2D eigenvalue weighted by molar-refractivity contribution is 5.68. The highest BCUT2D eigenvalue weighted by Crippen LogP contribution is 2.39. The van der Waals surface area contributed by atoms with Crippen molar-refractivity contribution in [2.24, 2.45) is 17.0 Å². The molecule has 1 amide bonds. The SMILES string of the molecule is CC.CC.COC(=O)N1CC(CN=[N+]=[N-])[C@@H]2CCCCC[C@H]21. The molecule has 0 aromatic heterocycles. The van der Waals surface area contributed by atoms with E-state index in [0.29, 0.717) is 24.9 Å². The number of fused-ring (bicyclic) bond motifs is 1. The standard InChI is InChI=1S/C12H20N4O2.2C2H6/c1-18-12(17)16-8-9(7-14-15-13)10-5-3-2-4-6-11(10)16;2*1-2/h9-11H,2-8H2,1H3;2*1-2H3/t9?,10-,11+;;/m0../s1. The Morgan fingerprint density at radius 2 is 1.86 bits per heavy atom. The van der Waals surface area contributed by atoms with Gasteiger partial charge in [0, 0.05) is 24.0 Å². The number of carbonyl (C=O) groups is 1. The number of hydrogen-bond donors (Lipinski definition) is 0. The van der Waals surface area contributed by atoms with Gasteiger partial charge in [-0.1, -0.05) is 52.1 Å². The lowest BCUT2D eigenvalue weighted by Crippen LogP contribution is -2.37. The second kappa shape index (κ2) is 12.2. The predicted octanol–water partition coefficient (Wildman–Crippen LogP) is 5.00. The van der Waals surface area contributed by atoms with Crippen LogP contribution in [0.5, 0.6) is 0 Å². The van der Waals surface area contributed by atoms with Crippen LogP contribution in [0.15, 0.2) is 5.11 Å². The molecule has 6 heteroatoms. The van der Waals surface area contributed by atoms with E-state index in [0.717, 1.165) is 12.8 Å². The third kappa shape index (κ3) is 5.41. The molecule has 0 bridgehead atoms. The van der Waals surface area contributed by atoms with Gasteiger partial charge < -0.3 is 9.64 Å². The number of likely N-dealkylation sites (tertiary alicyclic amines) is 1. The van der Waals surface area contributed by atoms with Crippen molar-refractivity contribution in [1.82, 2.24) is 4.90 Å². The first-order valence-corrected chi connectivity index (χ1v) is 8.63. The summed E-state index contributed by atoms with van der Waals surface area (Å²) in [4.78, 5) is 16.5. The van der Waals surface area contributed by atoms with Crippen molar-refractivity contribution < 1.29 is 9.53 Å². The molecule has 1 aliphatic carbocycles. The lowest BCUT2D eigenvalue weighted by molar-refractivity contribution is 0.112. The molecule has 0 radical (unpaired) electrons. The van der Waals surface area contributed by atoms with Crippen LogP contribution in [0.4, 0.5) is 4.79 Å². The number of azide groups is 1. The number of carbonyl (C=O) groups excluding carboxylic acids is 1. The van der Waals surface area contributed by atoms with Gasteiger partial charge in [0.25, 0.3) is 0 Å². The number of methoxy groups -OCH3 is 1. The average molecular weight is 312 g/mol. The van der Waals surface area contributed by atoms with Gasteiger partial charge in [0.15, 0.2) is 0 Å². The Hall–Kier alpha value is -1.42. The average Bonchev–Trinajstić information content (AvgIpc) is 2.77. The minimum absolute atomic E-state index is 0.240. The molecule has 1 saturated carbocycles. The maximum absolute atomic E-state index is 11.8. The van der Waals surface area contributed by atoms with Crippen molar-refractivity contribution >= 4 is 6.09 Å². The monoisotopic (exact) mass is 312 g/mol. The molecule has 0 aromatic rings. The Morgan fingerprint density at radius 3 is 2.45 bits per heavy atom. The normalized spacial score (nSPS) is 26.0. The second-order valence-corrected chi connectivity index (χ2v) is 5.17. The molecule has 1 aliphatic heterocycles. The zero-order chi connectivity index (χ0) is 17.0. The van der Waals surface area contributed by atoms with E-state index in [2.05, 4.69) is 10.0 Å². The molecule has 2 aliphatic rings. The van der Waals surface area contributed by atoms with E-state index in [1.54, 1.807) is 0 Å². The lowest BCUT2D eigenvalue weighted by Gasteiger charge is -2.25. The van der Waals surface area contributed by atoms with Crippen molar-refractivity contribution in [2.75, 3.05) is 20.2 Å². The fourth-order valence-corrected chi connectivity index (χ4v) is 3.44. The third-order valence-electron chi connectivity index (χ3n) is 4.26. The number of nitrogens with zero attached hydrogens (tertiary/aromatic N) is 4. The quantitative estimate of drug-likeness (QED) is 0.409. The molecule has 0 spiro atoms. The van der Waals surface area contributed by atoms with Gasteiger partial charge >= 0.3 is 6.09 Å². The molecular weight excluding hydrogens is 280 g/mol. The Bertz CT molecular complexity index is 356. The molecule has 1 unspecified atom stereocenters. The lowest BCUT2D eigenvalue weighted by atomic mass is 9.87. The third-order valence-corrected chi connectivity index (χ3v) is 4.26. The first-order chi connectivity index (χ1) is 10.8. The molecule has 6 nitrogen and oxygen atoms in total. The molecule has 0 N–H and O–H groups in total. The van der Waals surface area contributed by atoms with Gasteiger partial charge in [-0.2, -0.15) is 0 Å². The van der Waals surface area contributed by atoms with Crippen LogP contribution in [0.25, 0.3) is 10.4 Å². The topological polar surface area (TPSA) is 78.3 Å². The highest BCUT2D eigenvalue weighted by atomic mass is 16.5. The van der Waals surface area contributed by atoms with Crippen molar-refractivity contribution in [1.29, 1.82) is 0 Å². The summed E-state index contributed by atoms with van der Waals surface area (Å²) in [5.41, 5.74) is 8.45. The summed E-state index contributed by atoms with van der Waals surface area (Å²) in [5, 5.41) is 3.70. The van der Waals surface area contributed by atoms with Crippen LogP contribution in [-0.4, -0.2) is 37.2 Å². The predicted molar refractivity (Wildman–Crippen MR) is 89.7 cm³/mol. The Kier molecular flexibility index (Phi) is 11.4. The van der Waals surface area contributed by atoms with Gasteiger partial charge in [-0.15, -0.1) is 0 Å². The first kappa shape index (κ1) is 20.6. The summed E-state index contributed by atoms with van der Waals surface area (Å²) in [6.07, 6.45) is 5.55. The Balaban J connectivity index is 0.00000102. The number of hydrogen-bond acceptors (Lipinski definition) is 3. The van der Waals surface area contributed by atoms with Gasteiger partial charge in [-0.3, -0.25) is 0 Å². The fourth-order valence-electron chi connectivity index (χ4n) is 3.44. The van der Waals surface area contributed by atoms with Gasteiger partial charge in [0.1, 0.15) is 0 Å². The van der Waals surface area contributed by atoms with E-state index >= 15 is 0 Å². The van der Waals surface area contributed by atoms with Gasteiger partial charge in [0.2, 0.25) is 0 Å². The van der Waals surface area contributed by atoms with E-state index in [-0.39, 0.29) is 12.1 Å². The molecule has 22 heavy (non-hydrogen) atoms. The summed E-state index contributed by atoms with van der Waals surface area (Å²) < 4.78 is 4.86. The summed E-state index contributed by atoms with van der Waals surface area (Å²) in [6, 6.07) is 0.277. The molecule has 3 atom stereocenters. The van der Waals surface area contributed by atoms with Crippen LogP contribution >= 0.6 is 0 Å². The second-order valence-electron chi connectivity index (χ2n) is 5.17. The van der Waals surface area contributed by atoms with E-state index in [4.69, 9.17) is 10.3 Å². The van der Waals surface area contributed by atoms with Crippen molar-refractivity contribution in [3.8, 4) is 0 Å².